The SMILES string of the molecule is COc1ncc(COc2c(Cl)cc(C(=O)O[C@H]3[C@@H](OC)O[C@H](CO)[C@@H](O)[C@@H]3O)c(C)c2Cl)cc1Cl. The van der Waals surface area contributed by atoms with Crippen LogP contribution in [0.1, 0.15) is 21.5 Å². The molecule has 3 N–H and O–H groups in total. The Labute approximate surface area is 216 Å². The topological polar surface area (TPSA) is 137 Å². The third-order valence-electron chi connectivity index (χ3n) is 5.38. The van der Waals surface area contributed by atoms with Crippen LogP contribution in [0.5, 0.6) is 11.6 Å². The molecule has 0 saturated carbocycles. The summed E-state index contributed by atoms with van der Waals surface area (Å²) in [6.07, 6.45) is -5.28. The highest BCUT2D eigenvalue weighted by atomic mass is 35.5. The first-order valence-electron chi connectivity index (χ1n) is 10.3. The van der Waals surface area contributed by atoms with Crippen molar-refractivity contribution >= 4 is 40.8 Å². The van der Waals surface area contributed by atoms with E-state index in [1.54, 1.807) is 13.0 Å². The number of carbonyl (C=O) groups excluding carboxylic acids is 1. The van der Waals surface area contributed by atoms with Gasteiger partial charge in [-0.05, 0) is 24.6 Å². The number of aliphatic hydroxyl groups excluding tert-OH is 3. The van der Waals surface area contributed by atoms with Crippen LogP contribution in [0.15, 0.2) is 18.3 Å². The molecule has 5 atom stereocenters. The molecule has 0 aliphatic carbocycles. The van der Waals surface area contributed by atoms with Gasteiger partial charge >= 0.3 is 5.97 Å². The molecule has 192 valence electrons. The molecule has 1 aromatic heterocycles. The number of ether oxygens (including phenoxy) is 5. The van der Waals surface area contributed by atoms with Crippen molar-refractivity contribution in [3.05, 3.63) is 50.1 Å². The molecular formula is C22H24Cl3NO9. The van der Waals surface area contributed by atoms with Gasteiger partial charge in [-0.15, -0.1) is 0 Å². The Morgan fingerprint density at radius 2 is 1.86 bits per heavy atom. The maximum atomic E-state index is 12.9. The molecule has 0 spiro atoms. The van der Waals surface area contributed by atoms with Gasteiger partial charge in [0.2, 0.25) is 5.88 Å². The lowest BCUT2D eigenvalue weighted by Gasteiger charge is -2.40. The zero-order valence-corrected chi connectivity index (χ0v) is 21.2. The number of hydrogen-bond acceptors (Lipinski definition) is 10. The number of methoxy groups -OCH3 is 2. The first kappa shape index (κ1) is 27.7. The molecular weight excluding hydrogens is 529 g/mol. The Morgan fingerprint density at radius 1 is 1.14 bits per heavy atom. The molecule has 0 bridgehead atoms. The van der Waals surface area contributed by atoms with Crippen molar-refractivity contribution in [1.82, 2.24) is 4.98 Å². The highest BCUT2D eigenvalue weighted by Gasteiger charge is 2.47. The first-order chi connectivity index (χ1) is 16.6. The van der Waals surface area contributed by atoms with Gasteiger partial charge in [0.1, 0.15) is 29.9 Å². The van der Waals surface area contributed by atoms with Crippen molar-refractivity contribution in [1.29, 1.82) is 0 Å². The number of carbonyl (C=O) groups is 1. The van der Waals surface area contributed by atoms with Gasteiger partial charge in [-0.25, -0.2) is 9.78 Å². The van der Waals surface area contributed by atoms with E-state index in [4.69, 9.17) is 58.5 Å². The molecule has 10 nitrogen and oxygen atoms in total. The third kappa shape index (κ3) is 5.92. The monoisotopic (exact) mass is 551 g/mol. The van der Waals surface area contributed by atoms with E-state index in [-0.39, 0.29) is 33.8 Å². The predicted molar refractivity (Wildman–Crippen MR) is 125 cm³/mol. The fourth-order valence-electron chi connectivity index (χ4n) is 3.45. The second-order valence-corrected chi connectivity index (χ2v) is 8.80. The lowest BCUT2D eigenvalue weighted by molar-refractivity contribution is -0.293. The average molecular weight is 553 g/mol. The van der Waals surface area contributed by atoms with Gasteiger partial charge < -0.3 is 39.0 Å². The normalized spacial score (nSPS) is 24.2. The van der Waals surface area contributed by atoms with Crippen LogP contribution in [0.25, 0.3) is 0 Å². The lowest BCUT2D eigenvalue weighted by atomic mass is 9.99. The van der Waals surface area contributed by atoms with Crippen molar-refractivity contribution in [3.8, 4) is 11.6 Å². The van der Waals surface area contributed by atoms with Crippen LogP contribution in [0.3, 0.4) is 0 Å². The average Bonchev–Trinajstić information content (AvgIpc) is 2.84. The number of rotatable bonds is 8. The Bertz CT molecular complexity index is 1070. The van der Waals surface area contributed by atoms with E-state index in [0.717, 1.165) is 0 Å². The molecule has 35 heavy (non-hydrogen) atoms. The summed E-state index contributed by atoms with van der Waals surface area (Å²) < 4.78 is 26.6. The number of halogens is 3. The summed E-state index contributed by atoms with van der Waals surface area (Å²) in [4.78, 5) is 17.0. The second-order valence-electron chi connectivity index (χ2n) is 7.61. The first-order valence-corrected chi connectivity index (χ1v) is 11.4. The van der Waals surface area contributed by atoms with Gasteiger partial charge in [-0.3, -0.25) is 0 Å². The minimum atomic E-state index is -1.58. The van der Waals surface area contributed by atoms with Crippen LogP contribution < -0.4 is 9.47 Å². The second kappa shape index (κ2) is 11.9. The molecule has 0 radical (unpaired) electrons. The van der Waals surface area contributed by atoms with E-state index in [1.165, 1.54) is 26.5 Å². The molecule has 13 heteroatoms. The van der Waals surface area contributed by atoms with Crippen LogP contribution in [0.2, 0.25) is 15.1 Å². The lowest BCUT2D eigenvalue weighted by Crippen LogP contribution is -2.60. The number of pyridine rings is 1. The minimum absolute atomic E-state index is 0.00216. The van der Waals surface area contributed by atoms with Crippen molar-refractivity contribution in [2.75, 3.05) is 20.8 Å². The maximum absolute atomic E-state index is 12.9. The number of nitrogens with zero attached hydrogens (tertiary/aromatic N) is 1. The smallest absolute Gasteiger partial charge is 0.339 e. The summed E-state index contributed by atoms with van der Waals surface area (Å²) in [6, 6.07) is 2.93. The van der Waals surface area contributed by atoms with E-state index in [9.17, 15) is 20.1 Å². The highest BCUT2D eigenvalue weighted by molar-refractivity contribution is 6.38. The molecule has 0 amide bonds. The van der Waals surface area contributed by atoms with Crippen molar-refractivity contribution in [2.24, 2.45) is 0 Å². The quantitative estimate of drug-likeness (QED) is 0.419. The number of esters is 1. The van der Waals surface area contributed by atoms with E-state index in [2.05, 4.69) is 4.98 Å². The van der Waals surface area contributed by atoms with E-state index < -0.39 is 43.3 Å². The minimum Gasteiger partial charge on any atom is -0.486 e. The van der Waals surface area contributed by atoms with Crippen molar-refractivity contribution in [3.63, 3.8) is 0 Å². The summed E-state index contributed by atoms with van der Waals surface area (Å²) in [5.41, 5.74) is 0.930. The van der Waals surface area contributed by atoms with E-state index in [0.29, 0.717) is 16.1 Å². The predicted octanol–water partition coefficient (Wildman–Crippen LogP) is 2.55. The summed E-state index contributed by atoms with van der Waals surface area (Å²) in [6.45, 7) is 1.03. The van der Waals surface area contributed by atoms with Gasteiger partial charge in [-0.2, -0.15) is 0 Å². The summed E-state index contributed by atoms with van der Waals surface area (Å²) in [5.74, 6) is -0.492. The standard InChI is InChI=1S/C22H24Cl3NO9/c1-9-11(21(30)35-19-17(29)16(28)14(7-27)34-22(19)32-3)5-12(23)18(15(9)25)33-8-10-4-13(24)20(31-2)26-6-10/h4-6,14,16-17,19,22,27-29H,7-8H2,1-3H3/t14-,16-,17+,19-,22+/m1/s1. The Morgan fingerprint density at radius 3 is 2.46 bits per heavy atom. The molecule has 3 rings (SSSR count). The number of hydrogen-bond donors (Lipinski definition) is 3. The van der Waals surface area contributed by atoms with Gasteiger partial charge in [0, 0.05) is 18.9 Å². The van der Waals surface area contributed by atoms with E-state index >= 15 is 0 Å². The van der Waals surface area contributed by atoms with Crippen LogP contribution >= 0.6 is 34.8 Å². The zero-order valence-electron chi connectivity index (χ0n) is 18.9. The Kier molecular flexibility index (Phi) is 9.41. The molecule has 1 aliphatic rings. The summed E-state index contributed by atoms with van der Waals surface area (Å²) >= 11 is 18.9. The molecule has 1 saturated heterocycles. The largest absolute Gasteiger partial charge is 0.486 e. The van der Waals surface area contributed by atoms with Gasteiger partial charge in [0.05, 0.1) is 29.3 Å². The van der Waals surface area contributed by atoms with Crippen LogP contribution in [-0.2, 0) is 20.8 Å². The maximum Gasteiger partial charge on any atom is 0.339 e. The van der Waals surface area contributed by atoms with Crippen LogP contribution in [-0.4, -0.2) is 77.8 Å². The molecule has 1 fully saturated rings. The fraction of sp³-hybridized carbons (Fsp3) is 0.455. The van der Waals surface area contributed by atoms with Crippen molar-refractivity contribution in [2.45, 2.75) is 44.2 Å². The summed E-state index contributed by atoms with van der Waals surface area (Å²) in [5, 5.41) is 30.2. The van der Waals surface area contributed by atoms with E-state index in [1.807, 2.05) is 0 Å². The molecule has 0 unspecified atom stereocenters. The number of aromatic nitrogens is 1. The number of aliphatic hydroxyl groups is 3. The fourth-order valence-corrected chi connectivity index (χ4v) is 4.28. The molecule has 1 aromatic carbocycles. The Balaban J connectivity index is 1.78. The van der Waals surface area contributed by atoms with Gasteiger partial charge in [0.15, 0.2) is 18.1 Å². The molecule has 2 aromatic rings. The van der Waals surface area contributed by atoms with Crippen molar-refractivity contribution < 1.29 is 43.8 Å². The van der Waals surface area contributed by atoms with Crippen LogP contribution in [0, 0.1) is 6.92 Å². The third-order valence-corrected chi connectivity index (χ3v) is 6.39. The number of benzene rings is 1. The molecule has 1 aliphatic heterocycles. The van der Waals surface area contributed by atoms with Crippen LogP contribution in [0.4, 0.5) is 0 Å². The van der Waals surface area contributed by atoms with Gasteiger partial charge in [0.25, 0.3) is 0 Å². The van der Waals surface area contributed by atoms with Gasteiger partial charge in [-0.1, -0.05) is 34.8 Å². The summed E-state index contributed by atoms with van der Waals surface area (Å²) in [7, 11) is 2.71. The molecule has 2 heterocycles. The zero-order chi connectivity index (χ0) is 25.9. The Hall–Kier alpha value is -1.89. The highest BCUT2D eigenvalue weighted by Crippen LogP contribution is 2.39.